The molecule has 21 heavy (non-hydrogen) atoms. The molecule has 112 valence electrons. The normalized spacial score (nSPS) is 21.9. The Hall–Kier alpha value is -0.850. The average Bonchev–Trinajstić information content (AvgIpc) is 3.03. The molecule has 2 unspecified atom stereocenters. The third kappa shape index (κ3) is 3.17. The highest BCUT2D eigenvalue weighted by Gasteiger charge is 2.23. The molecule has 0 bridgehead atoms. The zero-order valence-electron chi connectivity index (χ0n) is 11.3. The van der Waals surface area contributed by atoms with Crippen molar-refractivity contribution in [1.82, 2.24) is 10.3 Å². The van der Waals surface area contributed by atoms with Crippen molar-refractivity contribution in [2.75, 3.05) is 6.54 Å². The van der Waals surface area contributed by atoms with Crippen LogP contribution in [0.5, 0.6) is 0 Å². The number of hydrogen-bond donors (Lipinski definition) is 3. The predicted molar refractivity (Wildman–Crippen MR) is 89.4 cm³/mol. The van der Waals surface area contributed by atoms with Crippen molar-refractivity contribution in [2.24, 2.45) is 5.92 Å². The molecule has 0 radical (unpaired) electrons. The maximum absolute atomic E-state index is 12.3. The Balaban J connectivity index is 1.74. The van der Waals surface area contributed by atoms with E-state index in [0.717, 1.165) is 39.1 Å². The molecule has 1 saturated carbocycles. The molecule has 2 atom stereocenters. The first-order chi connectivity index (χ1) is 10.0. The Labute approximate surface area is 139 Å². The minimum atomic E-state index is -0.201. The lowest BCUT2D eigenvalue weighted by Gasteiger charge is -2.10. The topological polar surface area (TPSA) is 65.1 Å². The van der Waals surface area contributed by atoms with Crippen LogP contribution in [0.1, 0.15) is 29.6 Å². The number of halogens is 2. The summed E-state index contributed by atoms with van der Waals surface area (Å²) in [6.45, 7) is 0.625. The van der Waals surface area contributed by atoms with Gasteiger partial charge in [0.1, 0.15) is 0 Å². The van der Waals surface area contributed by atoms with Gasteiger partial charge in [-0.25, -0.2) is 0 Å². The number of fused-ring (bicyclic) bond motifs is 1. The first-order valence-corrected chi connectivity index (χ1v) is 8.55. The molecule has 3 rings (SSSR count). The molecule has 3 N–H and O–H groups in total. The van der Waals surface area contributed by atoms with Crippen LogP contribution in [0.4, 0.5) is 0 Å². The van der Waals surface area contributed by atoms with Crippen molar-refractivity contribution >= 4 is 48.7 Å². The van der Waals surface area contributed by atoms with Gasteiger partial charge in [-0.05, 0) is 69.2 Å². The van der Waals surface area contributed by atoms with Gasteiger partial charge in [0.2, 0.25) is 0 Å². The van der Waals surface area contributed by atoms with Gasteiger partial charge in [0.05, 0.1) is 11.7 Å². The third-order valence-corrected chi connectivity index (χ3v) is 5.88. The Morgan fingerprint density at radius 2 is 2.10 bits per heavy atom. The number of nitrogens with one attached hydrogen (secondary N) is 2. The average molecular weight is 416 g/mol. The summed E-state index contributed by atoms with van der Waals surface area (Å²) in [6.07, 6.45) is 4.14. The predicted octanol–water partition coefficient (Wildman–Crippen LogP) is 3.58. The number of carbonyl (C=O) groups is 1. The molecule has 0 aliphatic heterocycles. The molecule has 1 aromatic heterocycles. The molecule has 1 aromatic carbocycles. The summed E-state index contributed by atoms with van der Waals surface area (Å²) in [5.74, 6) is 0.312. The van der Waals surface area contributed by atoms with E-state index in [-0.39, 0.29) is 12.0 Å². The zero-order chi connectivity index (χ0) is 15.0. The van der Waals surface area contributed by atoms with Gasteiger partial charge < -0.3 is 15.4 Å². The summed E-state index contributed by atoms with van der Waals surface area (Å²) in [5, 5.41) is 13.4. The van der Waals surface area contributed by atoms with Crippen LogP contribution < -0.4 is 5.32 Å². The molecule has 0 spiro atoms. The molecular weight excluding hydrogens is 400 g/mol. The van der Waals surface area contributed by atoms with Gasteiger partial charge in [-0.2, -0.15) is 0 Å². The summed E-state index contributed by atoms with van der Waals surface area (Å²) < 4.78 is 1.87. The highest BCUT2D eigenvalue weighted by atomic mass is 79.9. The number of benzene rings is 1. The Morgan fingerprint density at radius 1 is 1.33 bits per heavy atom. The van der Waals surface area contributed by atoms with Gasteiger partial charge in [-0.1, -0.05) is 0 Å². The fourth-order valence-electron chi connectivity index (χ4n) is 2.87. The summed E-state index contributed by atoms with van der Waals surface area (Å²) in [6, 6.07) is 3.88. The maximum atomic E-state index is 12.3. The standard InChI is InChI=1S/C15H16Br2N2O2/c16-12-4-10-11(7-18-14(10)5-13(12)17)15(21)19-6-8-1-2-9(20)3-8/h4-5,7-9,18,20H,1-3,6H2,(H,19,21). The fraction of sp³-hybridized carbons (Fsp3) is 0.400. The van der Waals surface area contributed by atoms with E-state index in [0.29, 0.717) is 18.0 Å². The van der Waals surface area contributed by atoms with Crippen molar-refractivity contribution in [1.29, 1.82) is 0 Å². The molecule has 1 fully saturated rings. The van der Waals surface area contributed by atoms with Gasteiger partial charge in [-0.15, -0.1) is 0 Å². The number of aliphatic hydroxyl groups is 1. The quantitative estimate of drug-likeness (QED) is 0.717. The first-order valence-electron chi connectivity index (χ1n) is 6.97. The molecule has 1 aliphatic carbocycles. The second kappa shape index (κ2) is 6.10. The van der Waals surface area contributed by atoms with Crippen LogP contribution in [-0.4, -0.2) is 28.6 Å². The number of aromatic amines is 1. The third-order valence-electron chi connectivity index (χ3n) is 4.03. The summed E-state index contributed by atoms with van der Waals surface area (Å²) in [7, 11) is 0. The van der Waals surface area contributed by atoms with Crippen LogP contribution >= 0.6 is 31.9 Å². The van der Waals surface area contributed by atoms with E-state index in [4.69, 9.17) is 0 Å². The van der Waals surface area contributed by atoms with E-state index in [9.17, 15) is 9.90 Å². The van der Waals surface area contributed by atoms with E-state index in [2.05, 4.69) is 42.2 Å². The van der Waals surface area contributed by atoms with Crippen LogP contribution in [0.15, 0.2) is 27.3 Å². The largest absolute Gasteiger partial charge is 0.393 e. The number of aliphatic hydroxyl groups excluding tert-OH is 1. The lowest BCUT2D eigenvalue weighted by atomic mass is 10.1. The van der Waals surface area contributed by atoms with Gasteiger partial charge in [0, 0.05) is 32.6 Å². The fourth-order valence-corrected chi connectivity index (χ4v) is 3.56. The van der Waals surface area contributed by atoms with Crippen molar-refractivity contribution in [3.05, 3.63) is 32.8 Å². The van der Waals surface area contributed by atoms with Crippen LogP contribution in [0.3, 0.4) is 0 Å². The van der Waals surface area contributed by atoms with Crippen molar-refractivity contribution in [3.63, 3.8) is 0 Å². The smallest absolute Gasteiger partial charge is 0.253 e. The van der Waals surface area contributed by atoms with E-state index >= 15 is 0 Å². The second-order valence-corrected chi connectivity index (χ2v) is 7.27. The van der Waals surface area contributed by atoms with Crippen molar-refractivity contribution < 1.29 is 9.90 Å². The molecule has 6 heteroatoms. The van der Waals surface area contributed by atoms with Gasteiger partial charge >= 0.3 is 0 Å². The number of rotatable bonds is 3. The highest BCUT2D eigenvalue weighted by Crippen LogP contribution is 2.30. The molecule has 1 heterocycles. The Kier molecular flexibility index (Phi) is 4.38. The number of hydrogen-bond acceptors (Lipinski definition) is 2. The number of carbonyl (C=O) groups excluding carboxylic acids is 1. The van der Waals surface area contributed by atoms with E-state index in [1.165, 1.54) is 0 Å². The number of amides is 1. The van der Waals surface area contributed by atoms with Gasteiger partial charge in [-0.3, -0.25) is 4.79 Å². The van der Waals surface area contributed by atoms with Crippen LogP contribution in [0.25, 0.3) is 10.9 Å². The SMILES string of the molecule is O=C(NCC1CCC(O)C1)c1c[nH]c2cc(Br)c(Br)cc12. The maximum Gasteiger partial charge on any atom is 0.253 e. The summed E-state index contributed by atoms with van der Waals surface area (Å²) in [4.78, 5) is 15.5. The van der Waals surface area contributed by atoms with E-state index < -0.39 is 0 Å². The monoisotopic (exact) mass is 414 g/mol. The minimum Gasteiger partial charge on any atom is -0.393 e. The molecule has 4 nitrogen and oxygen atoms in total. The highest BCUT2D eigenvalue weighted by molar-refractivity contribution is 9.13. The molecule has 0 saturated heterocycles. The number of H-pyrrole nitrogens is 1. The van der Waals surface area contributed by atoms with Crippen LogP contribution in [-0.2, 0) is 0 Å². The van der Waals surface area contributed by atoms with E-state index in [1.54, 1.807) is 6.20 Å². The number of aromatic nitrogens is 1. The van der Waals surface area contributed by atoms with Crippen LogP contribution in [0, 0.1) is 5.92 Å². The molecule has 1 amide bonds. The second-order valence-electron chi connectivity index (χ2n) is 5.56. The lowest BCUT2D eigenvalue weighted by Crippen LogP contribution is -2.28. The van der Waals surface area contributed by atoms with Crippen molar-refractivity contribution in [3.8, 4) is 0 Å². The van der Waals surface area contributed by atoms with Crippen LogP contribution in [0.2, 0.25) is 0 Å². The minimum absolute atomic E-state index is 0.0723. The van der Waals surface area contributed by atoms with Gasteiger partial charge in [0.15, 0.2) is 0 Å². The molecule has 1 aliphatic rings. The van der Waals surface area contributed by atoms with E-state index in [1.807, 2.05) is 12.1 Å². The first kappa shape index (κ1) is 15.1. The summed E-state index contributed by atoms with van der Waals surface area (Å²) >= 11 is 6.92. The van der Waals surface area contributed by atoms with Gasteiger partial charge in [0.25, 0.3) is 5.91 Å². The zero-order valence-corrected chi connectivity index (χ0v) is 14.5. The Morgan fingerprint density at radius 3 is 2.81 bits per heavy atom. The lowest BCUT2D eigenvalue weighted by molar-refractivity contribution is 0.0946. The Bertz CT molecular complexity index is 684. The molecule has 2 aromatic rings. The van der Waals surface area contributed by atoms with Crippen molar-refractivity contribution in [2.45, 2.75) is 25.4 Å². The molecular formula is C15H16Br2N2O2. The summed E-state index contributed by atoms with van der Waals surface area (Å²) in [5.41, 5.74) is 1.57.